The minimum Gasteiger partial charge on any atom is -0.319 e. The van der Waals surface area contributed by atoms with Crippen LogP contribution >= 0.6 is 11.8 Å². The summed E-state index contributed by atoms with van der Waals surface area (Å²) in [4.78, 5) is 1.37. The molecule has 0 spiro atoms. The van der Waals surface area contributed by atoms with Crippen molar-refractivity contribution in [3.05, 3.63) is 29.8 Å². The Bertz CT molecular complexity index is 256. The SMILES string of the molecule is CNCC(C)CSc1ccc(C)cc1. The molecule has 0 amide bonds. The third-order valence-corrected chi connectivity index (χ3v) is 3.45. The highest BCUT2D eigenvalue weighted by molar-refractivity contribution is 7.99. The zero-order valence-corrected chi connectivity index (χ0v) is 10.0. The third kappa shape index (κ3) is 4.16. The summed E-state index contributed by atoms with van der Waals surface area (Å²) in [6.07, 6.45) is 0. The van der Waals surface area contributed by atoms with E-state index in [4.69, 9.17) is 0 Å². The van der Waals surface area contributed by atoms with Gasteiger partial charge in [-0.25, -0.2) is 0 Å². The zero-order valence-electron chi connectivity index (χ0n) is 9.21. The summed E-state index contributed by atoms with van der Waals surface area (Å²) in [5.41, 5.74) is 1.33. The van der Waals surface area contributed by atoms with E-state index in [-0.39, 0.29) is 0 Å². The van der Waals surface area contributed by atoms with E-state index in [0.717, 1.165) is 12.5 Å². The molecule has 0 aliphatic heterocycles. The Morgan fingerprint density at radius 3 is 2.50 bits per heavy atom. The van der Waals surface area contributed by atoms with Crippen molar-refractivity contribution < 1.29 is 0 Å². The van der Waals surface area contributed by atoms with Crippen LogP contribution < -0.4 is 5.32 Å². The molecule has 0 aromatic heterocycles. The highest BCUT2D eigenvalue weighted by Gasteiger charge is 2.01. The van der Waals surface area contributed by atoms with Gasteiger partial charge in [0.1, 0.15) is 0 Å². The van der Waals surface area contributed by atoms with Gasteiger partial charge in [-0.15, -0.1) is 11.8 Å². The summed E-state index contributed by atoms with van der Waals surface area (Å²) in [6, 6.07) is 8.74. The lowest BCUT2D eigenvalue weighted by atomic mass is 10.2. The second kappa shape index (κ2) is 6.10. The first-order chi connectivity index (χ1) is 6.72. The van der Waals surface area contributed by atoms with Gasteiger partial charge in [0.25, 0.3) is 0 Å². The van der Waals surface area contributed by atoms with E-state index in [0.29, 0.717) is 0 Å². The van der Waals surface area contributed by atoms with E-state index < -0.39 is 0 Å². The molecule has 1 rings (SSSR count). The number of hydrogen-bond donors (Lipinski definition) is 1. The lowest BCUT2D eigenvalue weighted by Crippen LogP contribution is -2.17. The minimum atomic E-state index is 0.728. The molecule has 1 atom stereocenters. The van der Waals surface area contributed by atoms with Gasteiger partial charge in [0.15, 0.2) is 0 Å². The van der Waals surface area contributed by atoms with Gasteiger partial charge in [-0.1, -0.05) is 24.6 Å². The first-order valence-electron chi connectivity index (χ1n) is 5.06. The van der Waals surface area contributed by atoms with Crippen molar-refractivity contribution in [1.29, 1.82) is 0 Å². The molecular weight excluding hydrogens is 190 g/mol. The monoisotopic (exact) mass is 209 g/mol. The van der Waals surface area contributed by atoms with Crippen LogP contribution in [0.2, 0.25) is 0 Å². The van der Waals surface area contributed by atoms with Crippen LogP contribution in [-0.2, 0) is 0 Å². The van der Waals surface area contributed by atoms with E-state index in [1.807, 2.05) is 18.8 Å². The van der Waals surface area contributed by atoms with Gasteiger partial charge in [0, 0.05) is 10.6 Å². The maximum absolute atomic E-state index is 3.20. The van der Waals surface area contributed by atoms with E-state index in [1.165, 1.54) is 16.2 Å². The van der Waals surface area contributed by atoms with Crippen LogP contribution in [0.4, 0.5) is 0 Å². The van der Waals surface area contributed by atoms with E-state index in [1.54, 1.807) is 0 Å². The summed E-state index contributed by atoms with van der Waals surface area (Å²) in [7, 11) is 2.01. The van der Waals surface area contributed by atoms with Crippen molar-refractivity contribution in [2.45, 2.75) is 18.7 Å². The molecule has 0 aliphatic carbocycles. The molecule has 2 heteroatoms. The van der Waals surface area contributed by atoms with Crippen LogP contribution in [-0.4, -0.2) is 19.3 Å². The fourth-order valence-corrected chi connectivity index (χ4v) is 2.20. The Kier molecular flexibility index (Phi) is 5.05. The van der Waals surface area contributed by atoms with Gasteiger partial charge in [-0.05, 0) is 38.6 Å². The van der Waals surface area contributed by atoms with Crippen molar-refractivity contribution in [3.8, 4) is 0 Å². The predicted molar refractivity (Wildman–Crippen MR) is 65.0 cm³/mol. The van der Waals surface area contributed by atoms with Crippen LogP contribution in [0.25, 0.3) is 0 Å². The second-order valence-electron chi connectivity index (χ2n) is 3.79. The molecule has 0 fully saturated rings. The molecule has 0 saturated carbocycles. The van der Waals surface area contributed by atoms with Gasteiger partial charge in [-0.3, -0.25) is 0 Å². The number of hydrogen-bond acceptors (Lipinski definition) is 2. The van der Waals surface area contributed by atoms with E-state index >= 15 is 0 Å². The van der Waals surface area contributed by atoms with Crippen LogP contribution in [0, 0.1) is 12.8 Å². The van der Waals surface area contributed by atoms with Crippen molar-refractivity contribution in [2.75, 3.05) is 19.3 Å². The van der Waals surface area contributed by atoms with Crippen molar-refractivity contribution in [3.63, 3.8) is 0 Å². The molecule has 0 radical (unpaired) electrons. The topological polar surface area (TPSA) is 12.0 Å². The molecule has 1 unspecified atom stereocenters. The molecule has 1 aromatic rings. The summed E-state index contributed by atoms with van der Waals surface area (Å²) in [6.45, 7) is 5.49. The highest BCUT2D eigenvalue weighted by Crippen LogP contribution is 2.20. The Morgan fingerprint density at radius 2 is 1.93 bits per heavy atom. The Labute approximate surface area is 91.3 Å². The smallest absolute Gasteiger partial charge is 0.00722 e. The van der Waals surface area contributed by atoms with Gasteiger partial charge >= 0.3 is 0 Å². The van der Waals surface area contributed by atoms with E-state index in [2.05, 4.69) is 43.4 Å². The fourth-order valence-electron chi connectivity index (χ4n) is 1.28. The highest BCUT2D eigenvalue weighted by atomic mass is 32.2. The predicted octanol–water partition coefficient (Wildman–Crippen LogP) is 2.94. The maximum atomic E-state index is 3.20. The van der Waals surface area contributed by atoms with Gasteiger partial charge in [-0.2, -0.15) is 0 Å². The zero-order chi connectivity index (χ0) is 10.4. The van der Waals surface area contributed by atoms with Gasteiger partial charge in [0.2, 0.25) is 0 Å². The summed E-state index contributed by atoms with van der Waals surface area (Å²) >= 11 is 1.94. The molecule has 14 heavy (non-hydrogen) atoms. The Morgan fingerprint density at radius 1 is 1.29 bits per heavy atom. The average molecular weight is 209 g/mol. The number of thioether (sulfide) groups is 1. The van der Waals surface area contributed by atoms with Gasteiger partial charge in [0.05, 0.1) is 0 Å². The van der Waals surface area contributed by atoms with Crippen LogP contribution in [0.15, 0.2) is 29.2 Å². The van der Waals surface area contributed by atoms with Gasteiger partial charge < -0.3 is 5.32 Å². The van der Waals surface area contributed by atoms with Crippen LogP contribution in [0.5, 0.6) is 0 Å². The average Bonchev–Trinajstić information content (AvgIpc) is 2.17. The molecular formula is C12H19NS. The number of nitrogens with one attached hydrogen (secondary N) is 1. The lowest BCUT2D eigenvalue weighted by molar-refractivity contribution is 0.603. The standard InChI is InChI=1S/C12H19NS/c1-10-4-6-12(7-5-10)14-9-11(2)8-13-3/h4-7,11,13H,8-9H2,1-3H3. The number of benzene rings is 1. The molecule has 0 heterocycles. The third-order valence-electron chi connectivity index (χ3n) is 2.11. The van der Waals surface area contributed by atoms with E-state index in [9.17, 15) is 0 Å². The fraction of sp³-hybridized carbons (Fsp3) is 0.500. The normalized spacial score (nSPS) is 12.8. The van der Waals surface area contributed by atoms with Crippen molar-refractivity contribution in [1.82, 2.24) is 5.32 Å². The first-order valence-corrected chi connectivity index (χ1v) is 6.05. The quantitative estimate of drug-likeness (QED) is 0.748. The van der Waals surface area contributed by atoms with Crippen LogP contribution in [0.3, 0.4) is 0 Å². The molecule has 1 N–H and O–H groups in total. The number of aryl methyl sites for hydroxylation is 1. The van der Waals surface area contributed by atoms with Crippen LogP contribution in [0.1, 0.15) is 12.5 Å². The molecule has 0 saturated heterocycles. The molecule has 78 valence electrons. The summed E-state index contributed by atoms with van der Waals surface area (Å²) in [5.74, 6) is 1.91. The summed E-state index contributed by atoms with van der Waals surface area (Å²) in [5, 5.41) is 3.20. The molecule has 1 nitrogen and oxygen atoms in total. The largest absolute Gasteiger partial charge is 0.319 e. The molecule has 0 aliphatic rings. The minimum absolute atomic E-state index is 0.728. The Balaban J connectivity index is 2.34. The van der Waals surface area contributed by atoms with Crippen molar-refractivity contribution in [2.24, 2.45) is 5.92 Å². The van der Waals surface area contributed by atoms with Crippen molar-refractivity contribution >= 4 is 11.8 Å². The maximum Gasteiger partial charge on any atom is 0.00722 e. The molecule has 1 aromatic carbocycles. The molecule has 0 bridgehead atoms. The number of rotatable bonds is 5. The first kappa shape index (κ1) is 11.6. The second-order valence-corrected chi connectivity index (χ2v) is 4.88. The summed E-state index contributed by atoms with van der Waals surface area (Å²) < 4.78 is 0. The lowest BCUT2D eigenvalue weighted by Gasteiger charge is -2.09. The Hall–Kier alpha value is -0.470.